The van der Waals surface area contributed by atoms with Crippen LogP contribution in [0.15, 0.2) is 12.7 Å². The fraction of sp³-hybridized carbons (Fsp3) is 0.640. The number of nitrogen functional groups attached to an aromatic ring is 1. The van der Waals surface area contributed by atoms with E-state index >= 15 is 0 Å². The number of phosphoric ester groups is 3. The summed E-state index contributed by atoms with van der Waals surface area (Å²) in [6.07, 6.45) is -7.72. The van der Waals surface area contributed by atoms with Crippen LogP contribution in [0.25, 0.3) is 11.2 Å². The number of rotatable bonds is 21. The molecule has 1 aliphatic heterocycles. The number of phosphoric acid groups is 3. The number of ether oxygens (including phenoxy) is 1. The Morgan fingerprint density at radius 2 is 1.62 bits per heavy atom. The third kappa shape index (κ3) is 21.4. The van der Waals surface area contributed by atoms with Crippen molar-refractivity contribution in [1.82, 2.24) is 30.2 Å². The van der Waals surface area contributed by atoms with Crippen LogP contribution in [-0.4, -0.2) is 130 Å². The number of carbonyl (C=O) groups excluding carboxylic acids is 4. The Hall–Kier alpha value is 0.110. The quantitative estimate of drug-likeness (QED) is 0.0293. The van der Waals surface area contributed by atoms with E-state index < -0.39 is 84.6 Å². The first-order valence-electron chi connectivity index (χ1n) is 15.4. The number of hydrogen-bond acceptors (Lipinski definition) is 22. The predicted octanol–water partition coefficient (Wildman–Crippen LogP) is -14.7. The molecule has 8 atom stereocenters. The summed E-state index contributed by atoms with van der Waals surface area (Å²) in [5.41, 5.74) is 4.07. The topological polar surface area (TPSA) is 484 Å². The number of fused-ring (bicyclic) bond motifs is 1. The zero-order valence-corrected chi connectivity index (χ0v) is 42.6. The maximum atomic E-state index is 12.5. The van der Waals surface area contributed by atoms with E-state index in [1.807, 2.05) is 0 Å². The van der Waals surface area contributed by atoms with E-state index in [4.69, 9.17) is 10.5 Å². The van der Waals surface area contributed by atoms with Gasteiger partial charge >= 0.3 is 88.7 Å². The zero-order valence-electron chi connectivity index (χ0n) is 33.1. The van der Waals surface area contributed by atoms with Gasteiger partial charge in [0.25, 0.3) is 23.5 Å². The smallest absolute Gasteiger partial charge is 0.756 e. The number of hydrogen-bond donors (Lipinski definition) is 6. The maximum Gasteiger partial charge on any atom is 1.00 e. The van der Waals surface area contributed by atoms with Gasteiger partial charge < -0.3 is 80.9 Å². The molecule has 3 unspecified atom stereocenters. The van der Waals surface area contributed by atoms with Crippen LogP contribution in [-0.2, 0) is 55.5 Å². The Morgan fingerprint density at radius 3 is 2.20 bits per heavy atom. The van der Waals surface area contributed by atoms with Gasteiger partial charge in [0, 0.05) is 30.7 Å². The zero-order chi connectivity index (χ0) is 40.6. The van der Waals surface area contributed by atoms with Crippen LogP contribution in [0.1, 0.15) is 39.8 Å². The number of nitrogens with one attached hydrogen (secondary N) is 2. The number of Topliss-reactive ketones (excluding diaryl/α,β-unsaturated/α-hetero) is 1. The van der Waals surface area contributed by atoms with Crippen molar-refractivity contribution in [3.05, 3.63) is 12.7 Å². The molecular formula is C25H43N7Na3O21P3S. The van der Waals surface area contributed by atoms with Crippen LogP contribution in [0.2, 0.25) is 0 Å². The molecule has 60 heavy (non-hydrogen) atoms. The molecule has 0 aliphatic carbocycles. The van der Waals surface area contributed by atoms with E-state index in [0.29, 0.717) is 0 Å². The normalized spacial score (nSPS) is 20.6. The number of nitrogens with two attached hydrogens (primary N) is 1. The molecule has 2 aromatic rings. The maximum absolute atomic E-state index is 12.5. The number of amides is 2. The van der Waals surface area contributed by atoms with E-state index in [2.05, 4.69) is 43.5 Å². The summed E-state index contributed by atoms with van der Waals surface area (Å²) < 4.78 is 60.6. The molecule has 328 valence electrons. The second kappa shape index (κ2) is 28.9. The second-order valence-electron chi connectivity index (χ2n) is 12.1. The molecule has 3 heterocycles. The van der Waals surface area contributed by atoms with E-state index in [1.54, 1.807) is 0 Å². The summed E-state index contributed by atoms with van der Waals surface area (Å²) in [4.78, 5) is 104. The van der Waals surface area contributed by atoms with E-state index in [1.165, 1.54) is 20.8 Å². The Morgan fingerprint density at radius 1 is 1.02 bits per heavy atom. The van der Waals surface area contributed by atoms with Crippen molar-refractivity contribution in [3.63, 3.8) is 0 Å². The Labute approximate surface area is 411 Å². The van der Waals surface area contributed by atoms with Crippen LogP contribution in [0.4, 0.5) is 5.82 Å². The third-order valence-electron chi connectivity index (χ3n) is 7.14. The van der Waals surface area contributed by atoms with Crippen molar-refractivity contribution in [3.8, 4) is 0 Å². The van der Waals surface area contributed by atoms with Crippen molar-refractivity contribution >= 4 is 74.9 Å². The first-order valence-corrected chi connectivity index (χ1v) is 20.8. The van der Waals surface area contributed by atoms with Crippen molar-refractivity contribution in [2.75, 3.05) is 37.8 Å². The van der Waals surface area contributed by atoms with E-state index in [9.17, 15) is 62.7 Å². The molecular weight excluding hydrogens is 928 g/mol. The minimum Gasteiger partial charge on any atom is -0.756 e. The molecule has 0 saturated carbocycles. The molecule has 0 bridgehead atoms. The SMILES string of the molecule is CC(=O)CC(=O)SCCNC(=O)CCNC(=O)[C@H](O)C(C)(C)COP(=O)([O-])OP(=O)([O-])OC[C@H]1O[C@@H](n2cnc3c(N)ncnc32)[C@H](O)[C@@H]1OP(=O)([O-])O.O.O.O.[Na+].[Na+].[Na+]. The molecule has 28 nitrogen and oxygen atoms in total. The summed E-state index contributed by atoms with van der Waals surface area (Å²) in [6, 6.07) is 0. The molecule has 2 aromatic heterocycles. The van der Waals surface area contributed by atoms with Crippen molar-refractivity contribution in [2.24, 2.45) is 5.41 Å². The standard InChI is InChI=1S/C25H40N7O18P3S.3Na.3H2O/c1-13(33)8-16(35)54-7-6-27-15(34)4-5-28-23(38)20(37)25(2,3)10-47-53(44,45)50-52(42,43)46-9-14-19(49-51(39,40)41)18(36)24(48-14)32-12-31-17-21(26)29-11-30-22(17)32;;;;;;/h11-12,14,18-20,24,36-37H,4-10H2,1-3H3,(H,27,34)(H,28,38)(H,42,43)(H,44,45)(H2,26,29,30)(H2,39,40,41);;;;3*1H2/q;3*+1;;;/p-3/t14-,18-,19-,20+,24-;;;;;;/m1....../s1. The molecule has 13 N–H and O–H groups in total. The average Bonchev–Trinajstić information content (AvgIpc) is 3.60. The molecule has 35 heteroatoms. The van der Waals surface area contributed by atoms with Gasteiger partial charge in [-0.1, -0.05) is 25.6 Å². The number of aliphatic hydroxyl groups is 2. The van der Waals surface area contributed by atoms with Crippen molar-refractivity contribution in [1.29, 1.82) is 0 Å². The molecule has 0 aromatic carbocycles. The van der Waals surface area contributed by atoms with E-state index in [0.717, 1.165) is 29.0 Å². The number of nitrogens with zero attached hydrogens (tertiary/aromatic N) is 4. The largest absolute Gasteiger partial charge is 1.00 e. The van der Waals surface area contributed by atoms with E-state index in [-0.39, 0.29) is 165 Å². The number of ketones is 1. The number of aromatic nitrogens is 4. The van der Waals surface area contributed by atoms with Gasteiger partial charge in [0.1, 0.15) is 42.0 Å². The van der Waals surface area contributed by atoms with Crippen LogP contribution in [0, 0.1) is 5.41 Å². The molecule has 1 aliphatic rings. The summed E-state index contributed by atoms with van der Waals surface area (Å²) in [6.45, 7) is 1.22. The molecule has 1 fully saturated rings. The second-order valence-corrected chi connectivity index (χ2v) is 17.4. The predicted molar refractivity (Wildman–Crippen MR) is 187 cm³/mol. The Kier molecular flexibility index (Phi) is 32.1. The van der Waals surface area contributed by atoms with Gasteiger partial charge in [-0.3, -0.25) is 37.4 Å². The van der Waals surface area contributed by atoms with Crippen LogP contribution < -0.4 is 120 Å². The fourth-order valence-corrected chi connectivity index (χ4v) is 8.01. The van der Waals surface area contributed by atoms with Gasteiger partial charge in [0.15, 0.2) is 22.8 Å². The molecule has 0 radical (unpaired) electrons. The van der Waals surface area contributed by atoms with Crippen LogP contribution in [0.5, 0.6) is 0 Å². The minimum atomic E-state index is -5.90. The summed E-state index contributed by atoms with van der Waals surface area (Å²) in [5, 5.41) is 25.7. The number of thioether (sulfide) groups is 1. The monoisotopic (exact) mass is 971 g/mol. The number of anilines is 1. The van der Waals surface area contributed by atoms with Gasteiger partial charge in [-0.15, -0.1) is 0 Å². The Balaban J connectivity index is -0.00000261. The molecule has 0 spiro atoms. The number of carbonyl (C=O) groups is 4. The van der Waals surface area contributed by atoms with Gasteiger partial charge in [-0.25, -0.2) is 19.3 Å². The summed E-state index contributed by atoms with van der Waals surface area (Å²) >= 11 is 0.868. The summed E-state index contributed by atoms with van der Waals surface area (Å²) in [5.74, 6) is -1.70. The van der Waals surface area contributed by atoms with Gasteiger partial charge in [0.2, 0.25) is 11.8 Å². The first-order chi connectivity index (χ1) is 24.9. The average molecular weight is 972 g/mol. The number of aliphatic hydroxyl groups excluding tert-OH is 2. The number of imidazole rings is 1. The minimum absolute atomic E-state index is 0. The molecule has 2 amide bonds. The molecule has 1 saturated heterocycles. The Bertz CT molecular complexity index is 1850. The van der Waals surface area contributed by atoms with Gasteiger partial charge in [-0.2, -0.15) is 0 Å². The fourth-order valence-electron chi connectivity index (χ4n) is 4.53. The van der Waals surface area contributed by atoms with Crippen molar-refractivity contribution < 1.29 is 190 Å². The first kappa shape index (κ1) is 66.7. The molecule has 3 rings (SSSR count). The van der Waals surface area contributed by atoms with Crippen molar-refractivity contribution in [2.45, 2.75) is 64.3 Å². The summed E-state index contributed by atoms with van der Waals surface area (Å²) in [7, 11) is -17.3. The third-order valence-corrected chi connectivity index (χ3v) is 11.0. The van der Waals surface area contributed by atoms with Gasteiger partial charge in [0.05, 0.1) is 26.0 Å². The van der Waals surface area contributed by atoms with Gasteiger partial charge in [-0.05, 0) is 6.92 Å². The van der Waals surface area contributed by atoms with Crippen LogP contribution >= 0.6 is 35.2 Å². The van der Waals surface area contributed by atoms with Crippen LogP contribution in [0.3, 0.4) is 0 Å².